The molecule has 120 valence electrons. The van der Waals surface area contributed by atoms with Gasteiger partial charge in [-0.05, 0) is 36.4 Å². The lowest BCUT2D eigenvalue weighted by molar-refractivity contribution is 0.102. The highest BCUT2D eigenvalue weighted by atomic mass is 35.5. The standard InChI is InChI=1S/C16H11Cl2N5O/c17-11-4-1-5-12(15(11)18)20-13-6-7-14(23-22-13)21-16(24)10-3-2-8-19-9-10/h1-9H,(H,20,22)(H,21,23,24). The molecule has 0 saturated carbocycles. The number of anilines is 3. The molecule has 24 heavy (non-hydrogen) atoms. The first-order valence-corrected chi connectivity index (χ1v) is 7.65. The normalized spacial score (nSPS) is 10.2. The summed E-state index contributed by atoms with van der Waals surface area (Å²) < 4.78 is 0. The number of rotatable bonds is 4. The van der Waals surface area contributed by atoms with E-state index in [2.05, 4.69) is 25.8 Å². The molecule has 0 saturated heterocycles. The molecule has 0 atom stereocenters. The first kappa shape index (κ1) is 16.2. The summed E-state index contributed by atoms with van der Waals surface area (Å²) in [4.78, 5) is 15.9. The summed E-state index contributed by atoms with van der Waals surface area (Å²) in [5.41, 5.74) is 1.05. The van der Waals surface area contributed by atoms with Crippen molar-refractivity contribution in [3.05, 3.63) is 70.5 Å². The Balaban J connectivity index is 1.69. The molecule has 0 bridgehead atoms. The van der Waals surface area contributed by atoms with Gasteiger partial charge in [-0.2, -0.15) is 0 Å². The molecule has 2 heterocycles. The van der Waals surface area contributed by atoms with Gasteiger partial charge in [-0.25, -0.2) is 0 Å². The number of benzene rings is 1. The Bertz CT molecular complexity index is 856. The molecular weight excluding hydrogens is 349 g/mol. The summed E-state index contributed by atoms with van der Waals surface area (Å²) in [7, 11) is 0. The summed E-state index contributed by atoms with van der Waals surface area (Å²) in [6.07, 6.45) is 3.07. The van der Waals surface area contributed by atoms with Crippen molar-refractivity contribution in [2.24, 2.45) is 0 Å². The van der Waals surface area contributed by atoms with Gasteiger partial charge in [-0.15, -0.1) is 10.2 Å². The Labute approximate surface area is 147 Å². The van der Waals surface area contributed by atoms with Crippen molar-refractivity contribution in [2.75, 3.05) is 10.6 Å². The van der Waals surface area contributed by atoms with E-state index in [1.807, 2.05) is 0 Å². The molecular formula is C16H11Cl2N5O. The molecule has 3 aromatic rings. The van der Waals surface area contributed by atoms with E-state index in [4.69, 9.17) is 23.2 Å². The van der Waals surface area contributed by atoms with E-state index in [9.17, 15) is 4.79 Å². The second-order valence-corrected chi connectivity index (χ2v) is 5.51. The zero-order valence-electron chi connectivity index (χ0n) is 12.2. The van der Waals surface area contributed by atoms with Crippen LogP contribution in [0.15, 0.2) is 54.9 Å². The largest absolute Gasteiger partial charge is 0.337 e. The van der Waals surface area contributed by atoms with Gasteiger partial charge >= 0.3 is 0 Å². The second kappa shape index (κ2) is 7.25. The Morgan fingerprint density at radius 3 is 2.46 bits per heavy atom. The molecule has 0 unspecified atom stereocenters. The summed E-state index contributed by atoms with van der Waals surface area (Å²) in [5, 5.41) is 14.4. The Morgan fingerprint density at radius 2 is 1.75 bits per heavy atom. The summed E-state index contributed by atoms with van der Waals surface area (Å²) in [6.45, 7) is 0. The van der Waals surface area contributed by atoms with Crippen LogP contribution in [0.1, 0.15) is 10.4 Å². The third kappa shape index (κ3) is 3.79. The number of nitrogens with one attached hydrogen (secondary N) is 2. The van der Waals surface area contributed by atoms with E-state index in [0.717, 1.165) is 0 Å². The van der Waals surface area contributed by atoms with Crippen LogP contribution in [-0.2, 0) is 0 Å². The van der Waals surface area contributed by atoms with Crippen LogP contribution >= 0.6 is 23.2 Å². The SMILES string of the molecule is O=C(Nc1ccc(Nc2cccc(Cl)c2Cl)nn1)c1cccnc1. The van der Waals surface area contributed by atoms with Gasteiger partial charge in [0.2, 0.25) is 0 Å². The van der Waals surface area contributed by atoms with Crippen LogP contribution in [0.25, 0.3) is 0 Å². The number of pyridine rings is 1. The molecule has 6 nitrogen and oxygen atoms in total. The van der Waals surface area contributed by atoms with Gasteiger partial charge in [0.15, 0.2) is 11.6 Å². The number of hydrogen-bond acceptors (Lipinski definition) is 5. The van der Waals surface area contributed by atoms with Crippen molar-refractivity contribution in [3.8, 4) is 0 Å². The van der Waals surface area contributed by atoms with Crippen molar-refractivity contribution < 1.29 is 4.79 Å². The van der Waals surface area contributed by atoms with E-state index in [0.29, 0.717) is 32.9 Å². The van der Waals surface area contributed by atoms with Crippen molar-refractivity contribution >= 4 is 46.4 Å². The lowest BCUT2D eigenvalue weighted by atomic mass is 10.3. The van der Waals surface area contributed by atoms with Crippen molar-refractivity contribution in [1.29, 1.82) is 0 Å². The Kier molecular flexibility index (Phi) is 4.88. The summed E-state index contributed by atoms with van der Waals surface area (Å²) in [5.74, 6) is 0.487. The maximum absolute atomic E-state index is 12.0. The smallest absolute Gasteiger partial charge is 0.258 e. The van der Waals surface area contributed by atoms with Crippen LogP contribution < -0.4 is 10.6 Å². The predicted octanol–water partition coefficient (Wildman–Crippen LogP) is 4.17. The Morgan fingerprint density at radius 1 is 0.958 bits per heavy atom. The average Bonchev–Trinajstić information content (AvgIpc) is 2.61. The van der Waals surface area contributed by atoms with Crippen LogP contribution in [0.4, 0.5) is 17.3 Å². The quantitative estimate of drug-likeness (QED) is 0.730. The average molecular weight is 360 g/mol. The minimum atomic E-state index is -0.309. The number of halogens is 2. The van der Waals surface area contributed by atoms with Crippen molar-refractivity contribution in [2.45, 2.75) is 0 Å². The third-order valence-electron chi connectivity index (χ3n) is 3.04. The molecule has 2 N–H and O–H groups in total. The molecule has 0 fully saturated rings. The number of amides is 1. The molecule has 2 aromatic heterocycles. The third-order valence-corrected chi connectivity index (χ3v) is 3.86. The van der Waals surface area contributed by atoms with E-state index in [1.54, 1.807) is 48.7 Å². The first-order valence-electron chi connectivity index (χ1n) is 6.89. The molecule has 1 aromatic carbocycles. The molecule has 0 aliphatic rings. The highest BCUT2D eigenvalue weighted by molar-refractivity contribution is 6.43. The maximum Gasteiger partial charge on any atom is 0.258 e. The van der Waals surface area contributed by atoms with E-state index in [1.165, 1.54) is 6.20 Å². The van der Waals surface area contributed by atoms with Gasteiger partial charge in [0, 0.05) is 12.4 Å². The summed E-state index contributed by atoms with van der Waals surface area (Å²) in [6, 6.07) is 11.9. The van der Waals surface area contributed by atoms with Gasteiger partial charge < -0.3 is 10.6 Å². The van der Waals surface area contributed by atoms with Crippen LogP contribution in [-0.4, -0.2) is 21.1 Å². The lowest BCUT2D eigenvalue weighted by Crippen LogP contribution is -2.13. The molecule has 0 spiro atoms. The topological polar surface area (TPSA) is 79.8 Å². The molecule has 1 amide bonds. The number of hydrogen-bond donors (Lipinski definition) is 2. The molecule has 0 aliphatic heterocycles. The van der Waals surface area contributed by atoms with Crippen molar-refractivity contribution in [3.63, 3.8) is 0 Å². The second-order valence-electron chi connectivity index (χ2n) is 4.73. The number of carbonyl (C=O) groups is 1. The van der Waals surface area contributed by atoms with Gasteiger partial charge in [0.25, 0.3) is 5.91 Å². The number of aromatic nitrogens is 3. The van der Waals surface area contributed by atoms with Gasteiger partial charge in [0.1, 0.15) is 0 Å². The van der Waals surface area contributed by atoms with Crippen LogP contribution in [0, 0.1) is 0 Å². The molecule has 3 rings (SSSR count). The maximum atomic E-state index is 12.0. The monoisotopic (exact) mass is 359 g/mol. The predicted molar refractivity (Wildman–Crippen MR) is 94.0 cm³/mol. The van der Waals surface area contributed by atoms with E-state index in [-0.39, 0.29) is 5.91 Å². The minimum Gasteiger partial charge on any atom is -0.337 e. The summed E-state index contributed by atoms with van der Waals surface area (Å²) >= 11 is 12.1. The van der Waals surface area contributed by atoms with Crippen LogP contribution in [0.5, 0.6) is 0 Å². The highest BCUT2D eigenvalue weighted by Gasteiger charge is 2.08. The van der Waals surface area contributed by atoms with Gasteiger partial charge in [-0.1, -0.05) is 29.3 Å². The number of carbonyl (C=O) groups excluding carboxylic acids is 1. The zero-order valence-corrected chi connectivity index (χ0v) is 13.7. The molecule has 8 heteroatoms. The Hall–Kier alpha value is -2.70. The number of nitrogens with zero attached hydrogens (tertiary/aromatic N) is 3. The minimum absolute atomic E-state index is 0.309. The van der Waals surface area contributed by atoms with Crippen molar-refractivity contribution in [1.82, 2.24) is 15.2 Å². The highest BCUT2D eigenvalue weighted by Crippen LogP contribution is 2.31. The van der Waals surface area contributed by atoms with Gasteiger partial charge in [-0.3, -0.25) is 9.78 Å². The van der Waals surface area contributed by atoms with Crippen LogP contribution in [0.3, 0.4) is 0 Å². The van der Waals surface area contributed by atoms with Crippen LogP contribution in [0.2, 0.25) is 10.0 Å². The van der Waals surface area contributed by atoms with Gasteiger partial charge in [0.05, 0.1) is 21.3 Å². The first-order chi connectivity index (χ1) is 11.6. The van der Waals surface area contributed by atoms with E-state index < -0.39 is 0 Å². The lowest BCUT2D eigenvalue weighted by Gasteiger charge is -2.09. The fourth-order valence-electron chi connectivity index (χ4n) is 1.89. The fraction of sp³-hybridized carbons (Fsp3) is 0. The fourth-order valence-corrected chi connectivity index (χ4v) is 2.24. The molecule has 0 radical (unpaired) electrons. The zero-order chi connectivity index (χ0) is 16.9. The van der Waals surface area contributed by atoms with E-state index >= 15 is 0 Å². The molecule has 0 aliphatic carbocycles.